The number of hydrogen-bond acceptors (Lipinski definition) is 2. The quantitative estimate of drug-likeness (QED) is 0.775. The molecule has 0 saturated carbocycles. The predicted molar refractivity (Wildman–Crippen MR) is 50.5 cm³/mol. The van der Waals surface area contributed by atoms with Gasteiger partial charge in [0.15, 0.2) is 0 Å². The molecule has 0 aliphatic heterocycles. The van der Waals surface area contributed by atoms with Crippen LogP contribution in [0.2, 0.25) is 0 Å². The van der Waals surface area contributed by atoms with Crippen molar-refractivity contribution in [3.8, 4) is 5.75 Å². The molecule has 2 nitrogen and oxygen atoms in total. The molecule has 1 rings (SSSR count). The number of benzene rings is 1. The van der Waals surface area contributed by atoms with Gasteiger partial charge in [0.2, 0.25) is 0 Å². The third kappa shape index (κ3) is 2.42. The fraction of sp³-hybridized carbons (Fsp3) is 0.400. The van der Waals surface area contributed by atoms with Crippen LogP contribution in [0, 0.1) is 0 Å². The summed E-state index contributed by atoms with van der Waals surface area (Å²) in [6, 6.07) is 6.68. The van der Waals surface area contributed by atoms with Crippen molar-refractivity contribution in [1.29, 1.82) is 0 Å². The van der Waals surface area contributed by atoms with Crippen LogP contribution in [0.15, 0.2) is 24.3 Å². The molecule has 1 atom stereocenters. The molecule has 0 aliphatic carbocycles. The minimum atomic E-state index is -0.581. The second kappa shape index (κ2) is 4.82. The van der Waals surface area contributed by atoms with Gasteiger partial charge < -0.3 is 10.5 Å². The van der Waals surface area contributed by atoms with Crippen LogP contribution in [0.3, 0.4) is 0 Å². The fourth-order valence-electron chi connectivity index (χ4n) is 1.16. The van der Waals surface area contributed by atoms with Gasteiger partial charge in [0.1, 0.15) is 12.4 Å². The van der Waals surface area contributed by atoms with Gasteiger partial charge in [-0.05, 0) is 13.0 Å². The smallest absolute Gasteiger partial charge is 0.124 e. The molecule has 0 spiro atoms. The molecule has 0 aromatic heterocycles. The van der Waals surface area contributed by atoms with Gasteiger partial charge >= 0.3 is 0 Å². The molecule has 72 valence electrons. The van der Waals surface area contributed by atoms with E-state index in [1.54, 1.807) is 12.1 Å². The minimum absolute atomic E-state index is 0.565. The van der Waals surface area contributed by atoms with E-state index in [9.17, 15) is 4.39 Å². The van der Waals surface area contributed by atoms with Crippen LogP contribution in [0.5, 0.6) is 5.75 Å². The maximum absolute atomic E-state index is 12.3. The Bertz CT molecular complexity index is 265. The summed E-state index contributed by atoms with van der Waals surface area (Å²) in [6.45, 7) is 1.89. The lowest BCUT2D eigenvalue weighted by molar-refractivity contribution is 0.329. The number of nitrogens with two attached hydrogens (primary N) is 1. The van der Waals surface area contributed by atoms with Crippen molar-refractivity contribution in [2.24, 2.45) is 5.73 Å². The highest BCUT2D eigenvalue weighted by atomic mass is 19.1. The zero-order chi connectivity index (χ0) is 9.68. The average Bonchev–Trinajstić information content (AvgIpc) is 2.18. The average molecular weight is 183 g/mol. The second-order valence-electron chi connectivity index (χ2n) is 2.73. The fourth-order valence-corrected chi connectivity index (χ4v) is 1.16. The minimum Gasteiger partial charge on any atom is -0.494 e. The van der Waals surface area contributed by atoms with Gasteiger partial charge in [0, 0.05) is 5.56 Å². The van der Waals surface area contributed by atoms with E-state index in [2.05, 4.69) is 0 Å². The molecule has 13 heavy (non-hydrogen) atoms. The largest absolute Gasteiger partial charge is 0.494 e. The van der Waals surface area contributed by atoms with Gasteiger partial charge in [-0.15, -0.1) is 0 Å². The van der Waals surface area contributed by atoms with Gasteiger partial charge in [-0.25, -0.2) is 4.39 Å². The normalized spacial score (nSPS) is 12.5. The summed E-state index contributed by atoms with van der Waals surface area (Å²) in [7, 11) is 0. The Labute approximate surface area is 77.5 Å². The molecule has 0 fully saturated rings. The summed E-state index contributed by atoms with van der Waals surface area (Å²) in [4.78, 5) is 0. The van der Waals surface area contributed by atoms with E-state index in [1.807, 2.05) is 19.1 Å². The van der Waals surface area contributed by atoms with E-state index in [0.717, 1.165) is 5.56 Å². The zero-order valence-electron chi connectivity index (χ0n) is 7.66. The third-order valence-electron chi connectivity index (χ3n) is 1.78. The third-order valence-corrected chi connectivity index (χ3v) is 1.78. The summed E-state index contributed by atoms with van der Waals surface area (Å²) in [5, 5.41) is 0. The molecule has 2 N–H and O–H groups in total. The number of hydrogen-bond donors (Lipinski definition) is 1. The molecule has 0 heterocycles. The van der Waals surface area contributed by atoms with Crippen molar-refractivity contribution in [2.75, 3.05) is 13.3 Å². The van der Waals surface area contributed by atoms with Crippen LogP contribution >= 0.6 is 0 Å². The highest BCUT2D eigenvalue weighted by Gasteiger charge is 2.10. The van der Waals surface area contributed by atoms with Crippen molar-refractivity contribution in [3.05, 3.63) is 29.8 Å². The maximum Gasteiger partial charge on any atom is 0.124 e. The Balaban J connectivity index is 2.90. The topological polar surface area (TPSA) is 35.2 Å². The van der Waals surface area contributed by atoms with Crippen molar-refractivity contribution in [3.63, 3.8) is 0 Å². The Hall–Kier alpha value is -1.09. The molecular formula is C10H14FNO. The van der Waals surface area contributed by atoms with Crippen LogP contribution in [-0.2, 0) is 0 Å². The first-order valence-electron chi connectivity index (χ1n) is 4.32. The van der Waals surface area contributed by atoms with Gasteiger partial charge in [-0.2, -0.15) is 0 Å². The summed E-state index contributed by atoms with van der Waals surface area (Å²) in [5.41, 5.74) is 6.30. The first-order valence-corrected chi connectivity index (χ1v) is 4.32. The van der Waals surface area contributed by atoms with Crippen molar-refractivity contribution in [1.82, 2.24) is 0 Å². The SMILES string of the molecule is CCOc1ccccc1C(N)CF. The van der Waals surface area contributed by atoms with E-state index in [1.165, 1.54) is 0 Å². The Morgan fingerprint density at radius 2 is 2.15 bits per heavy atom. The number of ether oxygens (including phenoxy) is 1. The first kappa shape index (κ1) is 9.99. The van der Waals surface area contributed by atoms with Gasteiger partial charge in [0.25, 0.3) is 0 Å². The molecule has 1 aromatic rings. The molecule has 0 saturated heterocycles. The Morgan fingerprint density at radius 3 is 2.77 bits per heavy atom. The number of halogens is 1. The van der Waals surface area contributed by atoms with Crippen LogP contribution < -0.4 is 10.5 Å². The van der Waals surface area contributed by atoms with Crippen LogP contribution in [-0.4, -0.2) is 13.3 Å². The van der Waals surface area contributed by atoms with Crippen LogP contribution in [0.1, 0.15) is 18.5 Å². The van der Waals surface area contributed by atoms with E-state index in [4.69, 9.17) is 10.5 Å². The molecule has 3 heteroatoms. The highest BCUT2D eigenvalue weighted by molar-refractivity contribution is 5.35. The van der Waals surface area contributed by atoms with Gasteiger partial charge in [-0.3, -0.25) is 0 Å². The molecule has 0 bridgehead atoms. The monoisotopic (exact) mass is 183 g/mol. The molecule has 0 aliphatic rings. The van der Waals surface area contributed by atoms with Crippen molar-refractivity contribution >= 4 is 0 Å². The van der Waals surface area contributed by atoms with E-state index in [0.29, 0.717) is 12.4 Å². The van der Waals surface area contributed by atoms with Crippen LogP contribution in [0.4, 0.5) is 4.39 Å². The van der Waals surface area contributed by atoms with Gasteiger partial charge in [0.05, 0.1) is 12.6 Å². The summed E-state index contributed by atoms with van der Waals surface area (Å²) in [6.07, 6.45) is 0. The maximum atomic E-state index is 12.3. The number of rotatable bonds is 4. The lowest BCUT2D eigenvalue weighted by atomic mass is 10.1. The summed E-state index contributed by atoms with van der Waals surface area (Å²) in [5.74, 6) is 0.676. The zero-order valence-corrected chi connectivity index (χ0v) is 7.66. The summed E-state index contributed by atoms with van der Waals surface area (Å²) >= 11 is 0. The van der Waals surface area contributed by atoms with Crippen molar-refractivity contribution < 1.29 is 9.13 Å². The number of alkyl halides is 1. The summed E-state index contributed by atoms with van der Waals surface area (Å²) < 4.78 is 17.6. The first-order chi connectivity index (χ1) is 6.29. The number of para-hydroxylation sites is 1. The van der Waals surface area contributed by atoms with E-state index in [-0.39, 0.29) is 0 Å². The highest BCUT2D eigenvalue weighted by Crippen LogP contribution is 2.23. The lowest BCUT2D eigenvalue weighted by Gasteiger charge is -2.13. The Kier molecular flexibility index (Phi) is 3.71. The molecular weight excluding hydrogens is 169 g/mol. The van der Waals surface area contributed by atoms with E-state index >= 15 is 0 Å². The molecule has 1 unspecified atom stereocenters. The van der Waals surface area contributed by atoms with Gasteiger partial charge in [-0.1, -0.05) is 18.2 Å². The van der Waals surface area contributed by atoms with Crippen LogP contribution in [0.25, 0.3) is 0 Å². The second-order valence-corrected chi connectivity index (χ2v) is 2.73. The molecule has 1 aromatic carbocycles. The predicted octanol–water partition coefficient (Wildman–Crippen LogP) is 2.05. The standard InChI is InChI=1S/C10H14FNO/c1-2-13-10-6-4-3-5-8(10)9(12)7-11/h3-6,9H,2,7,12H2,1H3. The molecule has 0 amide bonds. The lowest BCUT2D eigenvalue weighted by Crippen LogP contribution is -2.13. The van der Waals surface area contributed by atoms with Crippen molar-refractivity contribution in [2.45, 2.75) is 13.0 Å². The molecule has 0 radical (unpaired) electrons. The van der Waals surface area contributed by atoms with E-state index < -0.39 is 12.7 Å². The Morgan fingerprint density at radius 1 is 1.46 bits per heavy atom.